The number of fused-ring (bicyclic) bond motifs is 1. The third-order valence-corrected chi connectivity index (χ3v) is 10.9. The van der Waals surface area contributed by atoms with Crippen LogP contribution in [0.1, 0.15) is 41.5 Å². The first kappa shape index (κ1) is 19.7. The summed E-state index contributed by atoms with van der Waals surface area (Å²) in [5.41, 5.74) is 0.127. The second-order valence-electron chi connectivity index (χ2n) is 8.77. The molecule has 136 valence electrons. The standard InChI is InChI=1S/C17H34O4SSi/c1-11-13-14(21-17(5,6)20-13)12(19-15(11)22-7)10-18-23(8,9)16(2,3)4/h11-15H,10H2,1-9H3/t11-,12?,13+,14?,15?/m0/s1. The van der Waals surface area contributed by atoms with Crippen molar-refractivity contribution in [3.8, 4) is 0 Å². The fourth-order valence-corrected chi connectivity index (χ4v) is 4.80. The lowest BCUT2D eigenvalue weighted by molar-refractivity contribution is -0.158. The van der Waals surface area contributed by atoms with E-state index >= 15 is 0 Å². The molecule has 0 aliphatic carbocycles. The van der Waals surface area contributed by atoms with Crippen LogP contribution in [0.25, 0.3) is 0 Å². The van der Waals surface area contributed by atoms with Crippen molar-refractivity contribution in [3.63, 3.8) is 0 Å². The van der Waals surface area contributed by atoms with Crippen molar-refractivity contribution in [2.24, 2.45) is 5.92 Å². The summed E-state index contributed by atoms with van der Waals surface area (Å²) >= 11 is 1.74. The third kappa shape index (κ3) is 4.15. The minimum absolute atomic E-state index is 0.0480. The van der Waals surface area contributed by atoms with Crippen LogP contribution >= 0.6 is 11.8 Å². The molecular weight excluding hydrogens is 328 g/mol. The molecule has 2 saturated heterocycles. The molecule has 0 aromatic carbocycles. The van der Waals surface area contributed by atoms with Crippen LogP contribution in [-0.4, -0.2) is 50.7 Å². The maximum absolute atomic E-state index is 6.41. The molecule has 0 aromatic heterocycles. The maximum atomic E-state index is 6.41. The summed E-state index contributed by atoms with van der Waals surface area (Å²) in [6.07, 6.45) is 2.05. The monoisotopic (exact) mass is 362 g/mol. The Balaban J connectivity index is 2.11. The largest absolute Gasteiger partial charge is 0.414 e. The quantitative estimate of drug-likeness (QED) is 0.699. The predicted octanol–water partition coefficient (Wildman–Crippen LogP) is 4.25. The van der Waals surface area contributed by atoms with E-state index in [2.05, 4.69) is 47.0 Å². The van der Waals surface area contributed by atoms with E-state index in [1.54, 1.807) is 11.8 Å². The molecule has 4 nitrogen and oxygen atoms in total. The van der Waals surface area contributed by atoms with E-state index in [0.29, 0.717) is 12.5 Å². The Kier molecular flexibility index (Phi) is 5.67. The van der Waals surface area contributed by atoms with Crippen LogP contribution in [0.15, 0.2) is 0 Å². The Morgan fingerprint density at radius 2 is 1.70 bits per heavy atom. The molecule has 5 atom stereocenters. The average Bonchev–Trinajstić information content (AvgIpc) is 2.73. The highest BCUT2D eigenvalue weighted by molar-refractivity contribution is 7.99. The normalized spacial score (nSPS) is 37.7. The van der Waals surface area contributed by atoms with E-state index in [9.17, 15) is 0 Å². The van der Waals surface area contributed by atoms with Gasteiger partial charge in [0.15, 0.2) is 14.1 Å². The molecular formula is C17H34O4SSi. The van der Waals surface area contributed by atoms with Gasteiger partial charge in [0, 0.05) is 5.92 Å². The topological polar surface area (TPSA) is 36.9 Å². The minimum atomic E-state index is -1.80. The number of ether oxygens (including phenoxy) is 3. The Morgan fingerprint density at radius 3 is 2.22 bits per heavy atom. The van der Waals surface area contributed by atoms with Crippen LogP contribution in [0.4, 0.5) is 0 Å². The van der Waals surface area contributed by atoms with Gasteiger partial charge < -0.3 is 18.6 Å². The molecule has 2 rings (SSSR count). The highest BCUT2D eigenvalue weighted by atomic mass is 32.2. The molecule has 2 aliphatic rings. The predicted molar refractivity (Wildman–Crippen MR) is 98.3 cm³/mol. The molecule has 0 bridgehead atoms. The van der Waals surface area contributed by atoms with E-state index in [0.717, 1.165) is 0 Å². The van der Waals surface area contributed by atoms with Gasteiger partial charge in [0.2, 0.25) is 0 Å². The van der Waals surface area contributed by atoms with Gasteiger partial charge in [-0.15, -0.1) is 11.8 Å². The Labute approximate surface area is 147 Å². The first-order chi connectivity index (χ1) is 10.4. The molecule has 0 saturated carbocycles. The molecule has 3 unspecified atom stereocenters. The lowest BCUT2D eigenvalue weighted by atomic mass is 9.94. The van der Waals surface area contributed by atoms with Gasteiger partial charge in [-0.3, -0.25) is 0 Å². The maximum Gasteiger partial charge on any atom is 0.192 e. The number of hydrogen-bond acceptors (Lipinski definition) is 5. The smallest absolute Gasteiger partial charge is 0.192 e. The van der Waals surface area contributed by atoms with Crippen molar-refractivity contribution < 1.29 is 18.6 Å². The van der Waals surface area contributed by atoms with Gasteiger partial charge in [0.25, 0.3) is 0 Å². The fraction of sp³-hybridized carbons (Fsp3) is 1.00. The highest BCUT2D eigenvalue weighted by Crippen LogP contribution is 2.43. The van der Waals surface area contributed by atoms with E-state index in [-0.39, 0.29) is 28.8 Å². The molecule has 0 radical (unpaired) electrons. The lowest BCUT2D eigenvalue weighted by Gasteiger charge is -2.43. The van der Waals surface area contributed by atoms with Crippen LogP contribution < -0.4 is 0 Å². The van der Waals surface area contributed by atoms with Gasteiger partial charge in [0.1, 0.15) is 17.6 Å². The molecule has 2 fully saturated rings. The van der Waals surface area contributed by atoms with Crippen molar-refractivity contribution in [2.75, 3.05) is 12.9 Å². The van der Waals surface area contributed by atoms with Gasteiger partial charge in [-0.1, -0.05) is 27.7 Å². The van der Waals surface area contributed by atoms with Gasteiger partial charge in [0.05, 0.1) is 12.7 Å². The van der Waals surface area contributed by atoms with Gasteiger partial charge >= 0.3 is 0 Å². The van der Waals surface area contributed by atoms with Gasteiger partial charge in [-0.05, 0) is 38.2 Å². The summed E-state index contributed by atoms with van der Waals surface area (Å²) in [5, 5.41) is 0.194. The van der Waals surface area contributed by atoms with Crippen molar-refractivity contribution in [3.05, 3.63) is 0 Å². The molecule has 0 amide bonds. The van der Waals surface area contributed by atoms with E-state index < -0.39 is 14.1 Å². The van der Waals surface area contributed by atoms with E-state index in [1.807, 2.05) is 13.8 Å². The first-order valence-electron chi connectivity index (χ1n) is 8.56. The summed E-state index contributed by atoms with van der Waals surface area (Å²) < 4.78 is 25.1. The summed E-state index contributed by atoms with van der Waals surface area (Å²) in [6, 6.07) is 0. The number of hydrogen-bond donors (Lipinski definition) is 0. The van der Waals surface area contributed by atoms with Crippen molar-refractivity contribution >= 4 is 20.1 Å². The Bertz CT molecular complexity index is 421. The zero-order valence-corrected chi connectivity index (χ0v) is 18.0. The van der Waals surface area contributed by atoms with Gasteiger partial charge in [-0.2, -0.15) is 0 Å². The second kappa shape index (κ2) is 6.61. The Morgan fingerprint density at radius 1 is 1.13 bits per heavy atom. The SMILES string of the molecule is CSC1OC(CO[Si](C)(C)C(C)(C)C)C2OC(C)(C)O[C@@H]2[C@@H]1C. The molecule has 0 spiro atoms. The molecule has 0 aromatic rings. The molecule has 0 N–H and O–H groups in total. The number of thioether (sulfide) groups is 1. The van der Waals surface area contributed by atoms with E-state index in [4.69, 9.17) is 18.6 Å². The van der Waals surface area contributed by atoms with E-state index in [1.165, 1.54) is 0 Å². The average molecular weight is 363 g/mol. The Hall–Kier alpha value is 0.407. The third-order valence-electron chi connectivity index (χ3n) is 5.43. The zero-order chi connectivity index (χ0) is 17.6. The summed E-state index contributed by atoms with van der Waals surface area (Å²) in [4.78, 5) is 0. The molecule has 6 heteroatoms. The van der Waals surface area contributed by atoms with Crippen molar-refractivity contribution in [1.82, 2.24) is 0 Å². The van der Waals surface area contributed by atoms with Crippen LogP contribution in [0, 0.1) is 5.92 Å². The second-order valence-corrected chi connectivity index (χ2v) is 14.5. The lowest BCUT2D eigenvalue weighted by Crippen LogP contribution is -2.54. The zero-order valence-electron chi connectivity index (χ0n) is 16.1. The summed E-state index contributed by atoms with van der Waals surface area (Å²) in [6.45, 7) is 18.1. The van der Waals surface area contributed by atoms with Crippen molar-refractivity contribution in [2.45, 2.75) is 89.2 Å². The summed E-state index contributed by atoms with van der Waals surface area (Å²) in [5.74, 6) is -0.240. The number of rotatable bonds is 4. The molecule has 23 heavy (non-hydrogen) atoms. The highest BCUT2D eigenvalue weighted by Gasteiger charge is 2.54. The van der Waals surface area contributed by atoms with Crippen molar-refractivity contribution in [1.29, 1.82) is 0 Å². The molecule has 2 heterocycles. The fourth-order valence-electron chi connectivity index (χ4n) is 2.95. The minimum Gasteiger partial charge on any atom is -0.414 e. The van der Waals surface area contributed by atoms with Gasteiger partial charge in [-0.25, -0.2) is 0 Å². The summed E-state index contributed by atoms with van der Waals surface area (Å²) in [7, 11) is -1.80. The van der Waals surface area contributed by atoms with Crippen LogP contribution in [-0.2, 0) is 18.6 Å². The van der Waals surface area contributed by atoms with Crippen LogP contribution in [0.5, 0.6) is 0 Å². The van der Waals surface area contributed by atoms with Crippen LogP contribution in [0.3, 0.4) is 0 Å². The first-order valence-corrected chi connectivity index (χ1v) is 12.8. The molecule has 2 aliphatic heterocycles. The van der Waals surface area contributed by atoms with Crippen LogP contribution in [0.2, 0.25) is 18.1 Å².